The van der Waals surface area contributed by atoms with Gasteiger partial charge in [-0.15, -0.1) is 11.8 Å². The zero-order chi connectivity index (χ0) is 18.5. The van der Waals surface area contributed by atoms with Crippen molar-refractivity contribution in [3.05, 3.63) is 87.9 Å². The predicted molar refractivity (Wildman–Crippen MR) is 100 cm³/mol. The lowest BCUT2D eigenvalue weighted by Crippen LogP contribution is -2.12. The van der Waals surface area contributed by atoms with Gasteiger partial charge in [0.05, 0.1) is 21.9 Å². The molecule has 1 N–H and O–H groups in total. The summed E-state index contributed by atoms with van der Waals surface area (Å²) >= 11 is 1.61. The van der Waals surface area contributed by atoms with Crippen LogP contribution in [-0.4, -0.2) is 10.8 Å². The maximum atomic E-state index is 12.4. The lowest BCUT2D eigenvalue weighted by molar-refractivity contribution is -0.385. The Morgan fingerprint density at radius 3 is 2.62 bits per heavy atom. The molecule has 1 amide bonds. The lowest BCUT2D eigenvalue weighted by Gasteiger charge is -2.07. The van der Waals surface area contributed by atoms with Crippen molar-refractivity contribution in [2.45, 2.75) is 17.6 Å². The maximum absolute atomic E-state index is 12.4. The van der Waals surface area contributed by atoms with Crippen LogP contribution in [0.25, 0.3) is 0 Å². The van der Waals surface area contributed by atoms with Crippen LogP contribution in [0.1, 0.15) is 21.9 Å². The Hall–Kier alpha value is -3.06. The molecular formula is C19H16N2O4S. The second-order valence-electron chi connectivity index (χ2n) is 5.53. The largest absolute Gasteiger partial charge is 0.455 e. The summed E-state index contributed by atoms with van der Waals surface area (Å²) in [5.41, 5.74) is 0.750. The number of thioether (sulfide) groups is 1. The van der Waals surface area contributed by atoms with E-state index in [-0.39, 0.29) is 11.4 Å². The average Bonchev–Trinajstić information content (AvgIpc) is 3.11. The van der Waals surface area contributed by atoms with E-state index >= 15 is 0 Å². The molecule has 0 aliphatic carbocycles. The molecule has 0 radical (unpaired) electrons. The van der Waals surface area contributed by atoms with Crippen LogP contribution < -0.4 is 5.32 Å². The summed E-state index contributed by atoms with van der Waals surface area (Å²) in [6, 6.07) is 17.8. The molecule has 0 unspecified atom stereocenters. The lowest BCUT2D eigenvalue weighted by atomic mass is 10.1. The van der Waals surface area contributed by atoms with Crippen LogP contribution in [-0.2, 0) is 5.75 Å². The summed E-state index contributed by atoms with van der Waals surface area (Å²) < 4.78 is 5.59. The highest BCUT2D eigenvalue weighted by Gasteiger charge is 2.17. The maximum Gasteiger partial charge on any atom is 0.291 e. The monoisotopic (exact) mass is 368 g/mol. The van der Waals surface area contributed by atoms with Crippen molar-refractivity contribution in [1.29, 1.82) is 0 Å². The Kier molecular flexibility index (Phi) is 5.38. The Labute approximate surface area is 154 Å². The van der Waals surface area contributed by atoms with E-state index in [1.807, 2.05) is 30.3 Å². The summed E-state index contributed by atoms with van der Waals surface area (Å²) in [5.74, 6) is 1.01. The smallest absolute Gasteiger partial charge is 0.291 e. The van der Waals surface area contributed by atoms with E-state index in [9.17, 15) is 14.9 Å². The first-order valence-electron chi connectivity index (χ1n) is 7.86. The van der Waals surface area contributed by atoms with Crippen molar-refractivity contribution in [2.24, 2.45) is 0 Å². The van der Waals surface area contributed by atoms with E-state index in [4.69, 9.17) is 4.42 Å². The summed E-state index contributed by atoms with van der Waals surface area (Å²) in [4.78, 5) is 24.0. The molecule has 0 aliphatic rings. The van der Waals surface area contributed by atoms with E-state index in [2.05, 4.69) is 5.32 Å². The van der Waals surface area contributed by atoms with Gasteiger partial charge in [0.15, 0.2) is 5.76 Å². The number of nitro benzene ring substituents is 1. The molecule has 0 atom stereocenters. The molecule has 0 saturated heterocycles. The first kappa shape index (κ1) is 17.8. The molecule has 1 heterocycles. The molecule has 3 aromatic rings. The SMILES string of the molecule is Cc1c(NC(=O)c2ccc(CSc3ccccc3)o2)cccc1[N+](=O)[O-]. The highest BCUT2D eigenvalue weighted by molar-refractivity contribution is 7.98. The van der Waals surface area contributed by atoms with Crippen molar-refractivity contribution in [2.75, 3.05) is 5.32 Å². The Balaban J connectivity index is 1.67. The number of hydrogen-bond acceptors (Lipinski definition) is 5. The number of nitrogens with zero attached hydrogens (tertiary/aromatic N) is 1. The number of carbonyl (C=O) groups is 1. The van der Waals surface area contributed by atoms with Crippen LogP contribution in [0.4, 0.5) is 11.4 Å². The molecule has 3 rings (SSSR count). The second-order valence-corrected chi connectivity index (χ2v) is 6.58. The van der Waals surface area contributed by atoms with E-state index in [1.165, 1.54) is 12.1 Å². The van der Waals surface area contributed by atoms with E-state index in [0.29, 0.717) is 22.8 Å². The van der Waals surface area contributed by atoms with E-state index < -0.39 is 10.8 Å². The summed E-state index contributed by atoms with van der Waals surface area (Å²) in [6.45, 7) is 1.60. The van der Waals surface area contributed by atoms with E-state index in [0.717, 1.165) is 4.90 Å². The van der Waals surface area contributed by atoms with Gasteiger partial charge in [-0.05, 0) is 37.3 Å². The van der Waals surface area contributed by atoms with Crippen molar-refractivity contribution in [1.82, 2.24) is 0 Å². The molecular weight excluding hydrogens is 352 g/mol. The first-order valence-corrected chi connectivity index (χ1v) is 8.85. The van der Waals surface area contributed by atoms with Crippen LogP contribution in [0.15, 0.2) is 70.0 Å². The highest BCUT2D eigenvalue weighted by Crippen LogP contribution is 2.26. The number of furan rings is 1. The second kappa shape index (κ2) is 7.88. The van der Waals surface area contributed by atoms with Crippen LogP contribution in [0.2, 0.25) is 0 Å². The van der Waals surface area contributed by atoms with Crippen molar-refractivity contribution in [3.8, 4) is 0 Å². The number of nitro groups is 1. The molecule has 7 heteroatoms. The van der Waals surface area contributed by atoms with Crippen molar-refractivity contribution in [3.63, 3.8) is 0 Å². The number of benzene rings is 2. The first-order chi connectivity index (χ1) is 12.5. The minimum atomic E-state index is -0.475. The predicted octanol–water partition coefficient (Wildman–Crippen LogP) is 5.04. The third-order valence-corrected chi connectivity index (χ3v) is 4.79. The van der Waals surface area contributed by atoms with Gasteiger partial charge in [0.1, 0.15) is 5.76 Å². The Morgan fingerprint density at radius 2 is 1.88 bits per heavy atom. The van der Waals surface area contributed by atoms with Crippen LogP contribution in [0.3, 0.4) is 0 Å². The summed E-state index contributed by atoms with van der Waals surface area (Å²) in [7, 11) is 0. The normalized spacial score (nSPS) is 10.5. The van der Waals surface area contributed by atoms with Gasteiger partial charge >= 0.3 is 0 Å². The third kappa shape index (κ3) is 4.12. The molecule has 132 valence electrons. The fraction of sp³-hybridized carbons (Fsp3) is 0.105. The molecule has 0 aliphatic heterocycles. The molecule has 0 saturated carbocycles. The molecule has 0 bridgehead atoms. The van der Waals surface area contributed by atoms with Crippen molar-refractivity contribution < 1.29 is 14.1 Å². The number of hydrogen-bond donors (Lipinski definition) is 1. The molecule has 2 aromatic carbocycles. The highest BCUT2D eigenvalue weighted by atomic mass is 32.2. The number of amides is 1. The fourth-order valence-corrected chi connectivity index (χ4v) is 3.20. The van der Waals surface area contributed by atoms with Crippen molar-refractivity contribution >= 4 is 29.0 Å². The number of carbonyl (C=O) groups excluding carboxylic acids is 1. The summed E-state index contributed by atoms with van der Waals surface area (Å²) in [5, 5.41) is 13.7. The van der Waals surface area contributed by atoms with Gasteiger partial charge in [0.2, 0.25) is 0 Å². The van der Waals surface area contributed by atoms with Gasteiger partial charge in [-0.2, -0.15) is 0 Å². The van der Waals surface area contributed by atoms with Crippen LogP contribution in [0, 0.1) is 17.0 Å². The Morgan fingerprint density at radius 1 is 1.12 bits per heavy atom. The average molecular weight is 368 g/mol. The zero-order valence-electron chi connectivity index (χ0n) is 14.0. The van der Waals surface area contributed by atoms with Gasteiger partial charge in [-0.3, -0.25) is 14.9 Å². The standard InChI is InChI=1S/C19H16N2O4S/c1-13-16(8-5-9-17(13)21(23)24)20-19(22)18-11-10-14(25-18)12-26-15-6-3-2-4-7-15/h2-11H,12H2,1H3,(H,20,22). The van der Waals surface area contributed by atoms with Gasteiger partial charge in [0.25, 0.3) is 11.6 Å². The zero-order valence-corrected chi connectivity index (χ0v) is 14.8. The number of nitrogens with one attached hydrogen (secondary N) is 1. The number of rotatable bonds is 6. The third-order valence-electron chi connectivity index (χ3n) is 3.76. The molecule has 6 nitrogen and oxygen atoms in total. The van der Waals surface area contributed by atoms with Gasteiger partial charge in [-0.25, -0.2) is 0 Å². The van der Waals surface area contributed by atoms with Gasteiger partial charge in [-0.1, -0.05) is 24.3 Å². The minimum absolute atomic E-state index is 0.0396. The fourth-order valence-electron chi connectivity index (χ4n) is 2.39. The number of anilines is 1. The Bertz CT molecular complexity index is 938. The van der Waals surface area contributed by atoms with Crippen LogP contribution >= 0.6 is 11.8 Å². The topological polar surface area (TPSA) is 85.4 Å². The quantitative estimate of drug-likeness (QED) is 0.374. The van der Waals surface area contributed by atoms with Gasteiger partial charge in [0, 0.05) is 11.0 Å². The molecule has 26 heavy (non-hydrogen) atoms. The minimum Gasteiger partial charge on any atom is -0.455 e. The molecule has 0 fully saturated rings. The molecule has 0 spiro atoms. The summed E-state index contributed by atoms with van der Waals surface area (Å²) in [6.07, 6.45) is 0. The van der Waals surface area contributed by atoms with E-state index in [1.54, 1.807) is 36.9 Å². The van der Waals surface area contributed by atoms with Crippen LogP contribution in [0.5, 0.6) is 0 Å². The van der Waals surface area contributed by atoms with Gasteiger partial charge < -0.3 is 9.73 Å². The molecule has 1 aromatic heterocycles.